The van der Waals surface area contributed by atoms with Crippen LogP contribution < -0.4 is 4.74 Å². The fraction of sp³-hybridized carbons (Fsp3) is 0.684. The van der Waals surface area contributed by atoms with Crippen molar-refractivity contribution in [1.82, 2.24) is 4.90 Å². The van der Waals surface area contributed by atoms with Crippen LogP contribution in [0.2, 0.25) is 0 Å². The molecule has 3 heteroatoms. The maximum absolute atomic E-state index is 10.2. The van der Waals surface area contributed by atoms with Crippen molar-refractivity contribution in [1.29, 1.82) is 0 Å². The molecule has 1 N–H and O–H groups in total. The molecule has 2 atom stereocenters. The molecule has 1 fully saturated rings. The molecular formula is C19H31NO2. The lowest BCUT2D eigenvalue weighted by atomic mass is 9.98. The largest absolute Gasteiger partial charge is 0.491 e. The number of benzene rings is 1. The molecule has 0 saturated carbocycles. The van der Waals surface area contributed by atoms with Crippen LogP contribution in [0.1, 0.15) is 50.7 Å². The predicted molar refractivity (Wildman–Crippen MR) is 91.6 cm³/mol. The van der Waals surface area contributed by atoms with Crippen LogP contribution in [-0.2, 0) is 0 Å². The van der Waals surface area contributed by atoms with E-state index in [1.807, 2.05) is 6.07 Å². The molecule has 0 aliphatic carbocycles. The summed E-state index contributed by atoms with van der Waals surface area (Å²) in [6.45, 7) is 12.1. The predicted octanol–water partition coefficient (Wildman–Crippen LogP) is 3.59. The third-order valence-electron chi connectivity index (χ3n) is 4.52. The number of aliphatic hydroxyl groups excluding tert-OH is 1. The van der Waals surface area contributed by atoms with Crippen LogP contribution in [0, 0.1) is 12.8 Å². The summed E-state index contributed by atoms with van der Waals surface area (Å²) in [4.78, 5) is 2.36. The number of rotatable bonds is 6. The minimum absolute atomic E-state index is 0.366. The van der Waals surface area contributed by atoms with Gasteiger partial charge in [-0.05, 0) is 61.4 Å². The molecular weight excluding hydrogens is 274 g/mol. The van der Waals surface area contributed by atoms with Gasteiger partial charge in [0.25, 0.3) is 0 Å². The van der Waals surface area contributed by atoms with E-state index in [4.69, 9.17) is 4.74 Å². The van der Waals surface area contributed by atoms with Gasteiger partial charge in [0.05, 0.1) is 0 Å². The highest BCUT2D eigenvalue weighted by Gasteiger charge is 2.19. The molecule has 0 amide bonds. The van der Waals surface area contributed by atoms with Crippen molar-refractivity contribution in [2.45, 2.75) is 52.6 Å². The highest BCUT2D eigenvalue weighted by Crippen LogP contribution is 2.23. The zero-order chi connectivity index (χ0) is 16.1. The van der Waals surface area contributed by atoms with Crippen molar-refractivity contribution >= 4 is 0 Å². The Morgan fingerprint density at radius 3 is 2.77 bits per heavy atom. The van der Waals surface area contributed by atoms with Crippen LogP contribution in [0.3, 0.4) is 0 Å². The molecule has 3 nitrogen and oxygen atoms in total. The van der Waals surface area contributed by atoms with E-state index >= 15 is 0 Å². The summed E-state index contributed by atoms with van der Waals surface area (Å²) < 4.78 is 5.78. The smallest absolute Gasteiger partial charge is 0.119 e. The fourth-order valence-electron chi connectivity index (χ4n) is 3.38. The van der Waals surface area contributed by atoms with Crippen LogP contribution >= 0.6 is 0 Å². The van der Waals surface area contributed by atoms with Crippen LogP contribution in [0.4, 0.5) is 0 Å². The number of ether oxygens (including phenoxy) is 1. The van der Waals surface area contributed by atoms with Crippen molar-refractivity contribution in [2.24, 2.45) is 5.92 Å². The number of β-amino-alcohol motifs (C(OH)–C–C–N with tert-alkyl or cyclic N) is 1. The zero-order valence-electron chi connectivity index (χ0n) is 14.5. The van der Waals surface area contributed by atoms with Gasteiger partial charge in [0, 0.05) is 13.1 Å². The van der Waals surface area contributed by atoms with E-state index in [-0.39, 0.29) is 0 Å². The summed E-state index contributed by atoms with van der Waals surface area (Å²) in [5, 5.41) is 10.2. The SMILES string of the molecule is Cc1cc(OC[C@@H](O)CN2CCC[C@@H](C)C2)ccc1C(C)C. The Balaban J connectivity index is 1.80. The molecule has 0 bridgehead atoms. The lowest BCUT2D eigenvalue weighted by Crippen LogP contribution is -2.41. The van der Waals surface area contributed by atoms with Crippen LogP contribution in [0.15, 0.2) is 18.2 Å². The van der Waals surface area contributed by atoms with E-state index in [9.17, 15) is 5.11 Å². The van der Waals surface area contributed by atoms with Gasteiger partial charge in [-0.3, -0.25) is 0 Å². The van der Waals surface area contributed by atoms with Gasteiger partial charge in [-0.1, -0.05) is 26.8 Å². The summed E-state index contributed by atoms with van der Waals surface area (Å²) in [5.74, 6) is 2.13. The Morgan fingerprint density at radius 1 is 1.36 bits per heavy atom. The molecule has 124 valence electrons. The first-order valence-electron chi connectivity index (χ1n) is 8.59. The first-order chi connectivity index (χ1) is 10.5. The van der Waals surface area contributed by atoms with Gasteiger partial charge >= 0.3 is 0 Å². The van der Waals surface area contributed by atoms with Crippen molar-refractivity contribution < 1.29 is 9.84 Å². The van der Waals surface area contributed by atoms with Crippen molar-refractivity contribution in [3.63, 3.8) is 0 Å². The Bertz CT molecular complexity index is 473. The Hall–Kier alpha value is -1.06. The monoisotopic (exact) mass is 305 g/mol. The van der Waals surface area contributed by atoms with Crippen molar-refractivity contribution in [3.05, 3.63) is 29.3 Å². The molecule has 22 heavy (non-hydrogen) atoms. The molecule has 0 aromatic heterocycles. The standard InChI is InChI=1S/C19H31NO2/c1-14(2)19-8-7-18(10-16(19)4)22-13-17(21)12-20-9-5-6-15(3)11-20/h7-8,10,14-15,17,21H,5-6,9,11-13H2,1-4H3/t15-,17+/m1/s1. The average molecular weight is 305 g/mol. The minimum Gasteiger partial charge on any atom is -0.491 e. The minimum atomic E-state index is -0.421. The number of hydrogen-bond donors (Lipinski definition) is 1. The van der Waals surface area contributed by atoms with Gasteiger partial charge in [0.1, 0.15) is 18.5 Å². The molecule has 1 aromatic carbocycles. The van der Waals surface area contributed by atoms with Gasteiger partial charge in [0.15, 0.2) is 0 Å². The summed E-state index contributed by atoms with van der Waals surface area (Å²) in [6, 6.07) is 6.22. The van der Waals surface area contributed by atoms with Crippen molar-refractivity contribution in [2.75, 3.05) is 26.2 Å². The summed E-state index contributed by atoms with van der Waals surface area (Å²) in [5.41, 5.74) is 2.61. The zero-order valence-corrected chi connectivity index (χ0v) is 14.5. The summed E-state index contributed by atoms with van der Waals surface area (Å²) in [7, 11) is 0. The number of hydrogen-bond acceptors (Lipinski definition) is 3. The number of nitrogens with zero attached hydrogens (tertiary/aromatic N) is 1. The summed E-state index contributed by atoms with van der Waals surface area (Å²) >= 11 is 0. The van der Waals surface area contributed by atoms with E-state index in [1.165, 1.54) is 24.0 Å². The Kier molecular flexibility index (Phi) is 6.27. The number of likely N-dealkylation sites (tertiary alicyclic amines) is 1. The second kappa shape index (κ2) is 7.98. The molecule has 2 rings (SSSR count). The van der Waals surface area contributed by atoms with Gasteiger partial charge in [-0.15, -0.1) is 0 Å². The molecule has 0 unspecified atom stereocenters. The molecule has 1 saturated heterocycles. The number of aryl methyl sites for hydroxylation is 1. The lowest BCUT2D eigenvalue weighted by Gasteiger charge is -2.32. The van der Waals surface area contributed by atoms with Gasteiger partial charge < -0.3 is 14.7 Å². The summed E-state index contributed by atoms with van der Waals surface area (Å²) in [6.07, 6.45) is 2.13. The highest BCUT2D eigenvalue weighted by molar-refractivity contribution is 5.36. The number of piperidine rings is 1. The highest BCUT2D eigenvalue weighted by atomic mass is 16.5. The second-order valence-electron chi connectivity index (χ2n) is 7.14. The van der Waals surface area contributed by atoms with Crippen molar-refractivity contribution in [3.8, 4) is 5.75 Å². The molecule has 0 radical (unpaired) electrons. The quantitative estimate of drug-likeness (QED) is 0.872. The van der Waals surface area contributed by atoms with E-state index in [0.717, 1.165) is 24.8 Å². The topological polar surface area (TPSA) is 32.7 Å². The van der Waals surface area contributed by atoms with E-state index in [0.29, 0.717) is 19.1 Å². The third-order valence-corrected chi connectivity index (χ3v) is 4.52. The molecule has 1 aromatic rings. The molecule has 1 aliphatic rings. The normalized spacial score (nSPS) is 21.1. The van der Waals surface area contributed by atoms with Crippen LogP contribution in [0.25, 0.3) is 0 Å². The fourth-order valence-corrected chi connectivity index (χ4v) is 3.38. The third kappa shape index (κ3) is 4.99. The maximum Gasteiger partial charge on any atom is 0.119 e. The Labute approximate surface area is 135 Å². The van der Waals surface area contributed by atoms with E-state index in [2.05, 4.69) is 44.7 Å². The molecule has 1 heterocycles. The number of aliphatic hydroxyl groups is 1. The molecule has 1 aliphatic heterocycles. The first kappa shape index (κ1) is 17.3. The van der Waals surface area contributed by atoms with Gasteiger partial charge in [-0.2, -0.15) is 0 Å². The van der Waals surface area contributed by atoms with E-state index in [1.54, 1.807) is 0 Å². The first-order valence-corrected chi connectivity index (χ1v) is 8.59. The average Bonchev–Trinajstić information content (AvgIpc) is 2.45. The van der Waals surface area contributed by atoms with Crippen LogP contribution in [0.5, 0.6) is 5.75 Å². The van der Waals surface area contributed by atoms with Gasteiger partial charge in [0.2, 0.25) is 0 Å². The second-order valence-corrected chi connectivity index (χ2v) is 7.14. The van der Waals surface area contributed by atoms with Gasteiger partial charge in [-0.25, -0.2) is 0 Å². The lowest BCUT2D eigenvalue weighted by molar-refractivity contribution is 0.0537. The molecule has 0 spiro atoms. The van der Waals surface area contributed by atoms with E-state index < -0.39 is 6.10 Å². The maximum atomic E-state index is 10.2. The van der Waals surface area contributed by atoms with Crippen LogP contribution in [-0.4, -0.2) is 42.4 Å². The Morgan fingerprint density at radius 2 is 2.14 bits per heavy atom.